The van der Waals surface area contributed by atoms with Crippen molar-refractivity contribution >= 4 is 29.6 Å². The second-order valence-corrected chi connectivity index (χ2v) is 10.4. The van der Waals surface area contributed by atoms with Crippen molar-refractivity contribution in [1.82, 2.24) is 15.0 Å². The lowest BCUT2D eigenvalue weighted by atomic mass is 9.84. The smallest absolute Gasteiger partial charge is 0.436 e. The number of anilines is 1. The number of fused-ring (bicyclic) bond motifs is 1. The van der Waals surface area contributed by atoms with Crippen LogP contribution in [0.3, 0.4) is 0 Å². The maximum Gasteiger partial charge on any atom is 0.514 e. The molecule has 5 heterocycles. The molecule has 4 aromatic rings. The van der Waals surface area contributed by atoms with Gasteiger partial charge in [0.25, 0.3) is 0 Å². The summed E-state index contributed by atoms with van der Waals surface area (Å²) < 4.78 is 18.3. The molecule has 0 aliphatic carbocycles. The summed E-state index contributed by atoms with van der Waals surface area (Å²) in [6, 6.07) is 14.1. The van der Waals surface area contributed by atoms with E-state index in [0.29, 0.717) is 5.89 Å². The Morgan fingerprint density at radius 3 is 2.14 bits per heavy atom. The minimum atomic E-state index is -0.472. The predicted octanol–water partition coefficient (Wildman–Crippen LogP) is 4.85. The number of aromatic nitrogens is 3. The van der Waals surface area contributed by atoms with E-state index in [1.807, 2.05) is 82.6 Å². The lowest BCUT2D eigenvalue weighted by Crippen LogP contribution is -2.41. The SMILES string of the molecule is CC1(C)OB(c2ccc(-c3ccc4oc(-c5ccc(N6CCCC6)nc5)nc4c3)cn2)OC1(C)C. The fourth-order valence-corrected chi connectivity index (χ4v) is 4.56. The lowest BCUT2D eigenvalue weighted by Gasteiger charge is -2.32. The van der Waals surface area contributed by atoms with Gasteiger partial charge in [0.1, 0.15) is 11.3 Å². The van der Waals surface area contributed by atoms with Crippen LogP contribution in [0.2, 0.25) is 0 Å². The number of benzene rings is 1. The zero-order chi connectivity index (χ0) is 24.2. The quantitative estimate of drug-likeness (QED) is 0.397. The van der Waals surface area contributed by atoms with Crippen LogP contribution in [0.5, 0.6) is 0 Å². The Morgan fingerprint density at radius 1 is 0.800 bits per heavy atom. The van der Waals surface area contributed by atoms with Crippen LogP contribution < -0.4 is 10.5 Å². The highest BCUT2D eigenvalue weighted by Gasteiger charge is 2.52. The number of nitrogens with zero attached hydrogens (tertiary/aromatic N) is 4. The summed E-state index contributed by atoms with van der Waals surface area (Å²) in [6.45, 7) is 10.3. The third-order valence-electron chi connectivity index (χ3n) is 7.43. The summed E-state index contributed by atoms with van der Waals surface area (Å²) in [4.78, 5) is 16.3. The number of pyridine rings is 2. The molecular formula is C27H29BN4O3. The summed E-state index contributed by atoms with van der Waals surface area (Å²) in [5.41, 5.74) is 4.42. The molecule has 2 saturated heterocycles. The van der Waals surface area contributed by atoms with Crippen molar-refractivity contribution in [2.24, 2.45) is 0 Å². The van der Waals surface area contributed by atoms with Crippen LogP contribution in [-0.4, -0.2) is 46.4 Å². The van der Waals surface area contributed by atoms with E-state index in [4.69, 9.17) is 18.7 Å². The van der Waals surface area contributed by atoms with Gasteiger partial charge in [-0.25, -0.2) is 9.97 Å². The molecule has 2 aliphatic heterocycles. The zero-order valence-corrected chi connectivity index (χ0v) is 20.6. The molecule has 7 nitrogen and oxygen atoms in total. The Kier molecular flexibility index (Phi) is 5.20. The second kappa shape index (κ2) is 8.17. The van der Waals surface area contributed by atoms with Crippen molar-refractivity contribution in [3.63, 3.8) is 0 Å². The molecule has 1 aromatic carbocycles. The van der Waals surface area contributed by atoms with E-state index in [0.717, 1.165) is 52.3 Å². The van der Waals surface area contributed by atoms with Crippen LogP contribution in [-0.2, 0) is 9.31 Å². The van der Waals surface area contributed by atoms with E-state index >= 15 is 0 Å². The van der Waals surface area contributed by atoms with Crippen LogP contribution >= 0.6 is 0 Å². The van der Waals surface area contributed by atoms with Gasteiger partial charge in [-0.15, -0.1) is 0 Å². The van der Waals surface area contributed by atoms with E-state index in [2.05, 4.69) is 14.9 Å². The molecule has 0 spiro atoms. The Bertz CT molecular complexity index is 1340. The molecule has 8 heteroatoms. The maximum atomic E-state index is 6.12. The number of hydrogen-bond acceptors (Lipinski definition) is 7. The fourth-order valence-electron chi connectivity index (χ4n) is 4.56. The van der Waals surface area contributed by atoms with Gasteiger partial charge in [-0.05, 0) is 76.4 Å². The summed E-state index contributed by atoms with van der Waals surface area (Å²) in [7, 11) is -0.472. The van der Waals surface area contributed by atoms with Crippen LogP contribution in [0.4, 0.5) is 5.82 Å². The van der Waals surface area contributed by atoms with Gasteiger partial charge in [-0.3, -0.25) is 4.98 Å². The van der Waals surface area contributed by atoms with E-state index in [1.54, 1.807) is 0 Å². The number of hydrogen-bond donors (Lipinski definition) is 0. The molecule has 35 heavy (non-hydrogen) atoms. The van der Waals surface area contributed by atoms with Crippen LogP contribution in [0.1, 0.15) is 40.5 Å². The van der Waals surface area contributed by atoms with Gasteiger partial charge in [0.05, 0.1) is 22.4 Å². The first-order chi connectivity index (χ1) is 16.8. The molecule has 2 aliphatic rings. The molecule has 0 radical (unpaired) electrons. The molecule has 0 amide bonds. The van der Waals surface area contributed by atoms with Crippen LogP contribution in [0.15, 0.2) is 59.3 Å². The first-order valence-corrected chi connectivity index (χ1v) is 12.2. The highest BCUT2D eigenvalue weighted by atomic mass is 16.7. The molecule has 0 unspecified atom stereocenters. The summed E-state index contributed by atoms with van der Waals surface area (Å²) >= 11 is 0. The monoisotopic (exact) mass is 468 g/mol. The first kappa shape index (κ1) is 22.3. The highest BCUT2D eigenvalue weighted by molar-refractivity contribution is 6.61. The normalized spacial score (nSPS) is 19.1. The highest BCUT2D eigenvalue weighted by Crippen LogP contribution is 2.36. The minimum Gasteiger partial charge on any atom is -0.436 e. The summed E-state index contributed by atoms with van der Waals surface area (Å²) in [5, 5.41) is 0. The van der Waals surface area contributed by atoms with Crippen molar-refractivity contribution in [1.29, 1.82) is 0 Å². The van der Waals surface area contributed by atoms with Gasteiger partial charge in [0, 0.05) is 31.0 Å². The zero-order valence-electron chi connectivity index (χ0n) is 20.6. The second-order valence-electron chi connectivity index (χ2n) is 10.4. The molecule has 3 aromatic heterocycles. The van der Waals surface area contributed by atoms with E-state index in [-0.39, 0.29) is 0 Å². The van der Waals surface area contributed by atoms with Crippen molar-refractivity contribution in [2.75, 3.05) is 18.0 Å². The number of oxazole rings is 1. The average Bonchev–Trinajstić information content (AvgIpc) is 3.57. The lowest BCUT2D eigenvalue weighted by molar-refractivity contribution is 0.00578. The molecule has 178 valence electrons. The van der Waals surface area contributed by atoms with Gasteiger partial charge >= 0.3 is 7.12 Å². The predicted molar refractivity (Wildman–Crippen MR) is 138 cm³/mol. The van der Waals surface area contributed by atoms with E-state index < -0.39 is 18.3 Å². The minimum absolute atomic E-state index is 0.391. The molecule has 6 rings (SSSR count). The standard InChI is InChI=1S/C27H29BN4O3/c1-26(2)27(3,4)35-28(34-26)23-11-8-19(16-29-23)18-7-10-22-21(15-18)31-25(33-22)20-9-12-24(30-17-20)32-13-5-6-14-32/h7-12,15-17H,5-6,13-14H2,1-4H3. The third-order valence-corrected chi connectivity index (χ3v) is 7.43. The van der Waals surface area contributed by atoms with Crippen molar-refractivity contribution in [3.8, 4) is 22.6 Å². The third kappa shape index (κ3) is 4.00. The molecular weight excluding hydrogens is 439 g/mol. The summed E-state index contributed by atoms with van der Waals surface area (Å²) in [6.07, 6.45) is 6.16. The summed E-state index contributed by atoms with van der Waals surface area (Å²) in [5.74, 6) is 1.59. The van der Waals surface area contributed by atoms with Gasteiger partial charge in [-0.1, -0.05) is 12.1 Å². The maximum absolute atomic E-state index is 6.12. The Labute approximate surface area is 205 Å². The van der Waals surface area contributed by atoms with Crippen molar-refractivity contribution in [3.05, 3.63) is 54.9 Å². The van der Waals surface area contributed by atoms with E-state index in [1.165, 1.54) is 12.8 Å². The van der Waals surface area contributed by atoms with Gasteiger partial charge < -0.3 is 18.6 Å². The Morgan fingerprint density at radius 2 is 1.49 bits per heavy atom. The molecule has 2 fully saturated rings. The molecule has 0 bridgehead atoms. The first-order valence-electron chi connectivity index (χ1n) is 12.2. The Balaban J connectivity index is 1.22. The van der Waals surface area contributed by atoms with Crippen molar-refractivity contribution < 1.29 is 13.7 Å². The van der Waals surface area contributed by atoms with Crippen molar-refractivity contribution in [2.45, 2.75) is 51.7 Å². The molecule has 0 atom stereocenters. The topological polar surface area (TPSA) is 73.5 Å². The fraction of sp³-hybridized carbons (Fsp3) is 0.370. The van der Waals surface area contributed by atoms with Gasteiger partial charge in [0.2, 0.25) is 5.89 Å². The van der Waals surface area contributed by atoms with Crippen LogP contribution in [0.25, 0.3) is 33.7 Å². The molecule has 0 saturated carbocycles. The molecule has 0 N–H and O–H groups in total. The van der Waals surface area contributed by atoms with Gasteiger partial charge in [0.15, 0.2) is 5.58 Å². The largest absolute Gasteiger partial charge is 0.514 e. The van der Waals surface area contributed by atoms with Gasteiger partial charge in [-0.2, -0.15) is 0 Å². The Hall–Kier alpha value is -3.23. The van der Waals surface area contributed by atoms with E-state index in [9.17, 15) is 0 Å². The average molecular weight is 468 g/mol. The number of rotatable bonds is 4. The van der Waals surface area contributed by atoms with Crippen LogP contribution in [0, 0.1) is 0 Å².